The van der Waals surface area contributed by atoms with E-state index in [2.05, 4.69) is 17.1 Å². The van der Waals surface area contributed by atoms with Gasteiger partial charge in [0.25, 0.3) is 10.0 Å². The summed E-state index contributed by atoms with van der Waals surface area (Å²) in [5, 5.41) is 2.81. The van der Waals surface area contributed by atoms with Gasteiger partial charge in [-0.3, -0.25) is 14.0 Å². The van der Waals surface area contributed by atoms with Crippen LogP contribution in [0.25, 0.3) is 0 Å². The van der Waals surface area contributed by atoms with E-state index in [4.69, 9.17) is 0 Å². The number of carbonyl (C=O) groups excluding carboxylic acids is 1. The Bertz CT molecular complexity index is 869. The number of likely N-dealkylation sites (N-methyl/N-ethyl adjacent to an activating group) is 1. The van der Waals surface area contributed by atoms with E-state index in [1.54, 1.807) is 36.4 Å². The highest BCUT2D eigenvalue weighted by Crippen LogP contribution is 2.23. The largest absolute Gasteiger partial charge is 0.325 e. The van der Waals surface area contributed by atoms with Crippen LogP contribution in [-0.4, -0.2) is 45.9 Å². The standard InChI is InChI=1S/C21H29N3O3S/c1-4-6-15-24(5-2)17-21(25)22-18-11-10-14-20(16-18)28(26,27)23(3)19-12-8-7-9-13-19/h7-14,16H,4-6,15,17H2,1-3H3,(H,22,25). The molecule has 7 heteroatoms. The first-order chi connectivity index (χ1) is 13.4. The van der Waals surface area contributed by atoms with E-state index in [0.717, 1.165) is 25.9 Å². The maximum absolute atomic E-state index is 12.9. The first kappa shape index (κ1) is 21.9. The van der Waals surface area contributed by atoms with Crippen molar-refractivity contribution >= 4 is 27.3 Å². The Hall–Kier alpha value is -2.38. The van der Waals surface area contributed by atoms with Gasteiger partial charge in [-0.1, -0.05) is 44.5 Å². The van der Waals surface area contributed by atoms with Gasteiger partial charge in [-0.2, -0.15) is 0 Å². The molecule has 0 unspecified atom stereocenters. The second-order valence-corrected chi connectivity index (χ2v) is 8.58. The Morgan fingerprint density at radius 2 is 1.75 bits per heavy atom. The molecule has 2 rings (SSSR count). The average molecular weight is 404 g/mol. The van der Waals surface area contributed by atoms with Gasteiger partial charge in [-0.05, 0) is 49.8 Å². The SMILES string of the molecule is CCCCN(CC)CC(=O)Nc1cccc(S(=O)(=O)N(C)c2ccccc2)c1. The molecule has 0 saturated carbocycles. The molecule has 1 amide bonds. The fourth-order valence-corrected chi connectivity index (χ4v) is 4.05. The molecule has 28 heavy (non-hydrogen) atoms. The average Bonchev–Trinajstić information content (AvgIpc) is 2.71. The number of hydrogen-bond acceptors (Lipinski definition) is 4. The number of amides is 1. The fraction of sp³-hybridized carbons (Fsp3) is 0.381. The molecule has 0 aliphatic heterocycles. The first-order valence-electron chi connectivity index (χ1n) is 9.54. The summed E-state index contributed by atoms with van der Waals surface area (Å²) in [4.78, 5) is 14.6. The van der Waals surface area contributed by atoms with Crippen molar-refractivity contribution in [2.24, 2.45) is 0 Å². The third-order valence-electron chi connectivity index (χ3n) is 4.54. The highest BCUT2D eigenvalue weighted by molar-refractivity contribution is 7.92. The quantitative estimate of drug-likeness (QED) is 0.658. The lowest BCUT2D eigenvalue weighted by atomic mass is 10.3. The Labute approximate surface area is 168 Å². The number of unbranched alkanes of at least 4 members (excludes halogenated alkanes) is 1. The lowest BCUT2D eigenvalue weighted by molar-refractivity contribution is -0.117. The van der Waals surface area contributed by atoms with Crippen molar-refractivity contribution in [1.82, 2.24) is 4.90 Å². The number of anilines is 2. The van der Waals surface area contributed by atoms with Crippen LogP contribution in [0, 0.1) is 0 Å². The predicted octanol–water partition coefficient (Wildman–Crippen LogP) is 3.57. The van der Waals surface area contributed by atoms with E-state index >= 15 is 0 Å². The second-order valence-electron chi connectivity index (χ2n) is 6.61. The molecular weight excluding hydrogens is 374 g/mol. The maximum Gasteiger partial charge on any atom is 0.264 e. The van der Waals surface area contributed by atoms with Crippen LogP contribution < -0.4 is 9.62 Å². The van der Waals surface area contributed by atoms with Crippen molar-refractivity contribution in [3.63, 3.8) is 0 Å². The third-order valence-corrected chi connectivity index (χ3v) is 6.32. The predicted molar refractivity (Wildman–Crippen MR) is 114 cm³/mol. The Kier molecular flexibility index (Phi) is 8.02. The monoisotopic (exact) mass is 403 g/mol. The Balaban J connectivity index is 2.12. The van der Waals surface area contributed by atoms with E-state index in [0.29, 0.717) is 11.4 Å². The summed E-state index contributed by atoms with van der Waals surface area (Å²) in [5.74, 6) is -0.149. The first-order valence-corrected chi connectivity index (χ1v) is 11.0. The summed E-state index contributed by atoms with van der Waals surface area (Å²) in [6.07, 6.45) is 2.12. The molecule has 0 heterocycles. The van der Waals surface area contributed by atoms with Crippen LogP contribution in [0.3, 0.4) is 0 Å². The normalized spacial score (nSPS) is 11.4. The lowest BCUT2D eigenvalue weighted by Crippen LogP contribution is -2.34. The zero-order valence-corrected chi connectivity index (χ0v) is 17.6. The van der Waals surface area contributed by atoms with Gasteiger partial charge in [-0.25, -0.2) is 8.42 Å². The fourth-order valence-electron chi connectivity index (χ4n) is 2.80. The van der Waals surface area contributed by atoms with Crippen molar-refractivity contribution in [1.29, 1.82) is 0 Å². The zero-order valence-electron chi connectivity index (χ0n) is 16.8. The molecule has 0 aromatic heterocycles. The summed E-state index contributed by atoms with van der Waals surface area (Å²) in [7, 11) is -2.20. The van der Waals surface area contributed by atoms with Crippen molar-refractivity contribution < 1.29 is 13.2 Å². The van der Waals surface area contributed by atoms with Crippen LogP contribution >= 0.6 is 0 Å². The van der Waals surface area contributed by atoms with Gasteiger partial charge in [0.05, 0.1) is 17.1 Å². The number of benzene rings is 2. The minimum Gasteiger partial charge on any atom is -0.325 e. The van der Waals surface area contributed by atoms with Gasteiger partial charge in [-0.15, -0.1) is 0 Å². The van der Waals surface area contributed by atoms with Gasteiger partial charge in [0.1, 0.15) is 0 Å². The van der Waals surface area contributed by atoms with Gasteiger partial charge in [0.2, 0.25) is 5.91 Å². The van der Waals surface area contributed by atoms with Gasteiger partial charge < -0.3 is 5.32 Å². The molecule has 0 spiro atoms. The van der Waals surface area contributed by atoms with Crippen LogP contribution in [0.15, 0.2) is 59.5 Å². The second kappa shape index (κ2) is 10.2. The maximum atomic E-state index is 12.9. The lowest BCUT2D eigenvalue weighted by Gasteiger charge is -2.21. The summed E-state index contributed by atoms with van der Waals surface area (Å²) in [6, 6.07) is 15.2. The smallest absolute Gasteiger partial charge is 0.264 e. The van der Waals surface area contributed by atoms with Crippen molar-refractivity contribution in [3.8, 4) is 0 Å². The molecule has 2 aromatic rings. The van der Waals surface area contributed by atoms with E-state index in [1.807, 2.05) is 13.0 Å². The third kappa shape index (κ3) is 5.81. The molecule has 0 fully saturated rings. The molecule has 2 aromatic carbocycles. The van der Waals surface area contributed by atoms with Gasteiger partial charge >= 0.3 is 0 Å². The molecule has 0 aliphatic rings. The van der Waals surface area contributed by atoms with Crippen molar-refractivity contribution in [2.45, 2.75) is 31.6 Å². The molecule has 6 nitrogen and oxygen atoms in total. The minimum atomic E-state index is -3.72. The molecular formula is C21H29N3O3S. The van der Waals surface area contributed by atoms with Crippen LogP contribution in [0.4, 0.5) is 11.4 Å². The Morgan fingerprint density at radius 1 is 1.04 bits per heavy atom. The van der Waals surface area contributed by atoms with Crippen LogP contribution in [0.1, 0.15) is 26.7 Å². The zero-order chi connectivity index (χ0) is 20.6. The number of nitrogens with one attached hydrogen (secondary N) is 1. The van der Waals surface area contributed by atoms with Crippen LogP contribution in [0.5, 0.6) is 0 Å². The molecule has 1 N–H and O–H groups in total. The minimum absolute atomic E-state index is 0.134. The number of rotatable bonds is 10. The molecule has 0 aliphatic carbocycles. The summed E-state index contributed by atoms with van der Waals surface area (Å²) >= 11 is 0. The van der Waals surface area contributed by atoms with E-state index in [1.165, 1.54) is 23.5 Å². The highest BCUT2D eigenvalue weighted by atomic mass is 32.2. The number of sulfonamides is 1. The molecule has 0 bridgehead atoms. The van der Waals surface area contributed by atoms with Gasteiger partial charge in [0.15, 0.2) is 0 Å². The number of para-hydroxylation sites is 1. The Morgan fingerprint density at radius 3 is 2.39 bits per heavy atom. The summed E-state index contributed by atoms with van der Waals surface area (Å²) < 4.78 is 27.1. The van der Waals surface area contributed by atoms with Crippen LogP contribution in [-0.2, 0) is 14.8 Å². The summed E-state index contributed by atoms with van der Waals surface area (Å²) in [5.41, 5.74) is 1.05. The molecule has 0 radical (unpaired) electrons. The van der Waals surface area contributed by atoms with Crippen molar-refractivity contribution in [2.75, 3.05) is 36.3 Å². The summed E-state index contributed by atoms with van der Waals surface area (Å²) in [6.45, 7) is 6.10. The van der Waals surface area contributed by atoms with Crippen molar-refractivity contribution in [3.05, 3.63) is 54.6 Å². The highest BCUT2D eigenvalue weighted by Gasteiger charge is 2.21. The van der Waals surface area contributed by atoms with Gasteiger partial charge in [0, 0.05) is 12.7 Å². The molecule has 0 saturated heterocycles. The van der Waals surface area contributed by atoms with E-state index in [9.17, 15) is 13.2 Å². The van der Waals surface area contributed by atoms with E-state index in [-0.39, 0.29) is 17.3 Å². The topological polar surface area (TPSA) is 69.7 Å². The molecule has 0 atom stereocenters. The molecule has 152 valence electrons. The van der Waals surface area contributed by atoms with E-state index < -0.39 is 10.0 Å². The number of carbonyl (C=O) groups is 1. The number of nitrogens with zero attached hydrogens (tertiary/aromatic N) is 2. The number of hydrogen-bond donors (Lipinski definition) is 1. The van der Waals surface area contributed by atoms with Crippen LogP contribution in [0.2, 0.25) is 0 Å².